The number of nitrogens with zero attached hydrogens (tertiary/aromatic N) is 2. The van der Waals surface area contributed by atoms with Gasteiger partial charge in [0, 0.05) is 0 Å². The SMILES string of the molecule is N#Cc1ccc(N2C(=O)[C@@H]3[C@@H]4C=C[C@@H]([C@H]5C[C@H]45)[C@@H]3C2=O)c(F)c1. The predicted octanol–water partition coefficient (Wildman–Crippen LogP) is 2.25. The fourth-order valence-electron chi connectivity index (χ4n) is 4.95. The molecule has 0 aromatic heterocycles. The van der Waals surface area contributed by atoms with Crippen molar-refractivity contribution in [3.63, 3.8) is 0 Å². The van der Waals surface area contributed by atoms with Crippen LogP contribution in [0, 0.1) is 52.7 Å². The first-order valence-electron chi connectivity index (χ1n) is 7.87. The fraction of sp³-hybridized carbons (Fsp3) is 0.389. The summed E-state index contributed by atoms with van der Waals surface area (Å²) in [4.78, 5) is 26.7. The third-order valence-electron chi connectivity index (χ3n) is 5.98. The highest BCUT2D eigenvalue weighted by Gasteiger charge is 2.67. The first-order valence-corrected chi connectivity index (χ1v) is 7.87. The van der Waals surface area contributed by atoms with Crippen molar-refractivity contribution >= 4 is 17.5 Å². The molecule has 0 spiro atoms. The number of carbonyl (C=O) groups excluding carboxylic acids is 2. The zero-order valence-corrected chi connectivity index (χ0v) is 12.1. The molecule has 1 saturated heterocycles. The summed E-state index contributed by atoms with van der Waals surface area (Å²) >= 11 is 0. The molecule has 6 atom stereocenters. The fourth-order valence-corrected chi connectivity index (χ4v) is 4.95. The Labute approximate surface area is 132 Å². The van der Waals surface area contributed by atoms with Gasteiger partial charge in [-0.1, -0.05) is 12.2 Å². The Kier molecular flexibility index (Phi) is 2.31. The molecule has 4 nitrogen and oxygen atoms in total. The van der Waals surface area contributed by atoms with E-state index in [4.69, 9.17) is 5.26 Å². The summed E-state index contributed by atoms with van der Waals surface area (Å²) in [7, 11) is 0. The van der Waals surface area contributed by atoms with Gasteiger partial charge < -0.3 is 0 Å². The van der Waals surface area contributed by atoms with Crippen LogP contribution in [0.5, 0.6) is 0 Å². The van der Waals surface area contributed by atoms with Gasteiger partial charge in [-0.15, -0.1) is 0 Å². The molecule has 1 heterocycles. The van der Waals surface area contributed by atoms with E-state index >= 15 is 0 Å². The summed E-state index contributed by atoms with van der Waals surface area (Å²) in [5.74, 6) is -0.651. The molecular weight excluding hydrogens is 295 g/mol. The number of halogens is 1. The van der Waals surface area contributed by atoms with Crippen LogP contribution in [0.1, 0.15) is 12.0 Å². The molecule has 2 saturated carbocycles. The van der Waals surface area contributed by atoms with Crippen molar-refractivity contribution in [2.75, 3.05) is 4.90 Å². The van der Waals surface area contributed by atoms with E-state index in [0.29, 0.717) is 11.8 Å². The summed E-state index contributed by atoms with van der Waals surface area (Å²) in [5, 5.41) is 8.83. The van der Waals surface area contributed by atoms with E-state index in [-0.39, 0.29) is 46.7 Å². The van der Waals surface area contributed by atoms with Gasteiger partial charge in [-0.3, -0.25) is 9.59 Å². The molecule has 4 aliphatic carbocycles. The van der Waals surface area contributed by atoms with Crippen LogP contribution in [0.15, 0.2) is 30.4 Å². The molecule has 1 aromatic carbocycles. The van der Waals surface area contributed by atoms with Crippen molar-refractivity contribution in [2.45, 2.75) is 6.42 Å². The second-order valence-electron chi connectivity index (χ2n) is 6.94. The van der Waals surface area contributed by atoms with Crippen LogP contribution >= 0.6 is 0 Å². The molecule has 2 bridgehead atoms. The van der Waals surface area contributed by atoms with Gasteiger partial charge >= 0.3 is 0 Å². The number of allylic oxidation sites excluding steroid dienone is 2. The number of nitriles is 1. The topological polar surface area (TPSA) is 61.2 Å². The maximum absolute atomic E-state index is 14.3. The summed E-state index contributed by atoms with van der Waals surface area (Å²) in [6.07, 6.45) is 5.27. The second kappa shape index (κ2) is 4.08. The minimum absolute atomic E-state index is 0.0264. The van der Waals surface area contributed by atoms with Gasteiger partial charge in [0.1, 0.15) is 5.82 Å². The molecule has 3 fully saturated rings. The molecule has 114 valence electrons. The highest BCUT2D eigenvalue weighted by molar-refractivity contribution is 6.22. The first-order chi connectivity index (χ1) is 11.1. The first kappa shape index (κ1) is 13.0. The third kappa shape index (κ3) is 1.49. The van der Waals surface area contributed by atoms with Crippen molar-refractivity contribution in [1.29, 1.82) is 5.26 Å². The normalized spacial score (nSPS) is 39.2. The zero-order chi connectivity index (χ0) is 15.9. The van der Waals surface area contributed by atoms with Gasteiger partial charge in [-0.2, -0.15) is 5.26 Å². The van der Waals surface area contributed by atoms with Crippen molar-refractivity contribution in [3.05, 3.63) is 41.7 Å². The second-order valence-corrected chi connectivity index (χ2v) is 6.94. The molecule has 23 heavy (non-hydrogen) atoms. The quantitative estimate of drug-likeness (QED) is 0.590. The van der Waals surface area contributed by atoms with E-state index in [9.17, 15) is 14.0 Å². The Morgan fingerprint density at radius 1 is 1.09 bits per heavy atom. The van der Waals surface area contributed by atoms with Gasteiger partial charge in [-0.05, 0) is 48.3 Å². The van der Waals surface area contributed by atoms with Gasteiger partial charge in [0.2, 0.25) is 11.8 Å². The van der Waals surface area contributed by atoms with Crippen LogP contribution in [0.3, 0.4) is 0 Å². The summed E-state index contributed by atoms with van der Waals surface area (Å²) in [6.45, 7) is 0. The lowest BCUT2D eigenvalue weighted by Crippen LogP contribution is -2.40. The maximum Gasteiger partial charge on any atom is 0.238 e. The lowest BCUT2D eigenvalue weighted by Gasteiger charge is -2.37. The average molecular weight is 308 g/mol. The lowest BCUT2D eigenvalue weighted by atomic mass is 9.63. The van der Waals surface area contributed by atoms with E-state index in [0.717, 1.165) is 17.4 Å². The molecule has 5 aliphatic rings. The third-order valence-corrected chi connectivity index (χ3v) is 5.98. The molecule has 0 N–H and O–H groups in total. The Hall–Kier alpha value is -2.48. The van der Waals surface area contributed by atoms with E-state index < -0.39 is 5.82 Å². The largest absolute Gasteiger partial charge is 0.274 e. The highest BCUT2D eigenvalue weighted by atomic mass is 19.1. The molecule has 1 aliphatic heterocycles. The number of hydrogen-bond donors (Lipinski definition) is 0. The van der Waals surface area contributed by atoms with Gasteiger partial charge in [0.25, 0.3) is 0 Å². The number of hydrogen-bond acceptors (Lipinski definition) is 3. The van der Waals surface area contributed by atoms with Crippen LogP contribution in [0.25, 0.3) is 0 Å². The Morgan fingerprint density at radius 2 is 1.70 bits per heavy atom. The number of benzene rings is 1. The van der Waals surface area contributed by atoms with Crippen molar-refractivity contribution in [1.82, 2.24) is 0 Å². The number of rotatable bonds is 1. The smallest absolute Gasteiger partial charge is 0.238 e. The van der Waals surface area contributed by atoms with E-state index in [2.05, 4.69) is 12.2 Å². The Balaban J connectivity index is 1.58. The Bertz CT molecular complexity index is 804. The minimum atomic E-state index is -0.699. The highest BCUT2D eigenvalue weighted by Crippen LogP contribution is 2.65. The summed E-state index contributed by atoms with van der Waals surface area (Å²) in [6, 6.07) is 5.72. The molecular formula is C18H13FN2O2. The minimum Gasteiger partial charge on any atom is -0.274 e. The van der Waals surface area contributed by atoms with Gasteiger partial charge in [0.05, 0.1) is 29.2 Å². The monoisotopic (exact) mass is 308 g/mol. The van der Waals surface area contributed by atoms with Crippen LogP contribution in [-0.4, -0.2) is 11.8 Å². The van der Waals surface area contributed by atoms with Crippen molar-refractivity contribution in [3.8, 4) is 6.07 Å². The molecule has 0 unspecified atom stereocenters. The zero-order valence-electron chi connectivity index (χ0n) is 12.1. The molecule has 6 rings (SSSR count). The van der Waals surface area contributed by atoms with Crippen LogP contribution in [0.4, 0.5) is 10.1 Å². The lowest BCUT2D eigenvalue weighted by molar-refractivity contribution is -0.124. The van der Waals surface area contributed by atoms with Crippen LogP contribution in [-0.2, 0) is 9.59 Å². The van der Waals surface area contributed by atoms with Crippen LogP contribution in [0.2, 0.25) is 0 Å². The van der Waals surface area contributed by atoms with Gasteiger partial charge in [-0.25, -0.2) is 9.29 Å². The molecule has 0 radical (unpaired) electrons. The van der Waals surface area contributed by atoms with E-state index in [1.807, 2.05) is 6.07 Å². The van der Waals surface area contributed by atoms with Crippen LogP contribution < -0.4 is 4.90 Å². The number of amides is 2. The van der Waals surface area contributed by atoms with E-state index in [1.54, 1.807) is 0 Å². The molecule has 5 heteroatoms. The summed E-state index contributed by atoms with van der Waals surface area (Å²) < 4.78 is 14.3. The number of anilines is 1. The predicted molar refractivity (Wildman–Crippen MR) is 78.3 cm³/mol. The Morgan fingerprint density at radius 3 is 2.22 bits per heavy atom. The van der Waals surface area contributed by atoms with Crippen molar-refractivity contribution < 1.29 is 14.0 Å². The number of carbonyl (C=O) groups is 2. The maximum atomic E-state index is 14.3. The van der Waals surface area contributed by atoms with Crippen molar-refractivity contribution in [2.24, 2.45) is 35.5 Å². The summed E-state index contributed by atoms with van der Waals surface area (Å²) in [5.41, 5.74) is 0.146. The molecule has 2 amide bonds. The average Bonchev–Trinajstić information content (AvgIpc) is 3.33. The molecule has 1 aromatic rings. The van der Waals surface area contributed by atoms with E-state index in [1.165, 1.54) is 12.1 Å². The van der Waals surface area contributed by atoms with Gasteiger partial charge in [0.15, 0.2) is 0 Å². The standard InChI is InChI=1S/C18H13FN2O2/c19-13-5-8(7-20)1-4-14(13)21-17(22)15-9-2-3-10(12-6-11(9)12)16(15)18(21)23/h1-5,9-12,15-16H,6H2/t9-,10+,11-,12-,15-,16+/m1/s1. The number of imide groups is 1.